The van der Waals surface area contributed by atoms with Gasteiger partial charge >= 0.3 is 0 Å². The lowest BCUT2D eigenvalue weighted by atomic mass is 9.33. The average molecular weight is 496 g/mol. The van der Waals surface area contributed by atoms with Gasteiger partial charge in [0, 0.05) is 34.1 Å². The normalized spacial score (nSPS) is 13.0. The van der Waals surface area contributed by atoms with Crippen molar-refractivity contribution in [2.24, 2.45) is 0 Å². The van der Waals surface area contributed by atoms with Crippen molar-refractivity contribution in [2.45, 2.75) is 0 Å². The van der Waals surface area contributed by atoms with Gasteiger partial charge in [0.1, 0.15) is 0 Å². The van der Waals surface area contributed by atoms with Crippen LogP contribution >= 0.6 is 0 Å². The summed E-state index contributed by atoms with van der Waals surface area (Å²) in [5, 5.41) is 0. The second-order valence-electron chi connectivity index (χ2n) is 10.2. The molecule has 0 unspecified atom stereocenters. The Morgan fingerprint density at radius 1 is 0.333 bits per heavy atom. The highest BCUT2D eigenvalue weighted by atomic mass is 15.2. The summed E-state index contributed by atoms with van der Waals surface area (Å²) >= 11 is 0. The fraction of sp³-hybridized carbons (Fsp3) is 0. The molecule has 0 N–H and O–H groups in total. The lowest BCUT2D eigenvalue weighted by Crippen LogP contribution is -2.61. The monoisotopic (exact) mass is 496 g/mol. The van der Waals surface area contributed by atoms with Gasteiger partial charge in [-0.3, -0.25) is 0 Å². The van der Waals surface area contributed by atoms with Gasteiger partial charge in [-0.1, -0.05) is 103 Å². The first-order valence-corrected chi connectivity index (χ1v) is 13.5. The molecule has 2 nitrogen and oxygen atoms in total. The van der Waals surface area contributed by atoms with Crippen LogP contribution in [0.2, 0.25) is 0 Å². The van der Waals surface area contributed by atoms with Gasteiger partial charge in [0.25, 0.3) is 6.71 Å². The van der Waals surface area contributed by atoms with Crippen LogP contribution in [-0.2, 0) is 0 Å². The van der Waals surface area contributed by atoms with Gasteiger partial charge in [0.05, 0.1) is 0 Å². The molecule has 2 aliphatic heterocycles. The van der Waals surface area contributed by atoms with Gasteiger partial charge in [0.15, 0.2) is 0 Å². The number of benzene rings is 6. The van der Waals surface area contributed by atoms with Crippen LogP contribution in [0.15, 0.2) is 152 Å². The van der Waals surface area contributed by atoms with Crippen LogP contribution in [0.3, 0.4) is 0 Å². The number of fused-ring (bicyclic) bond motifs is 4. The molecular weight excluding hydrogens is 471 g/mol. The Hall–Kier alpha value is -5.02. The Kier molecular flexibility index (Phi) is 4.96. The predicted molar refractivity (Wildman–Crippen MR) is 166 cm³/mol. The molecule has 2 aliphatic rings. The summed E-state index contributed by atoms with van der Waals surface area (Å²) in [5.74, 6) is 0. The standard InChI is InChI=1S/C36H25BN2/c1-3-12-26(13-4-1)27-22-24-29(25-23-27)39-33-19-10-8-17-31(33)37-30-16-7-9-18-32(30)38(28-14-5-2-6-15-28)34-20-11-21-35(39)36(34)37/h1-25H. The van der Waals surface area contributed by atoms with E-state index in [4.69, 9.17) is 0 Å². The SMILES string of the molecule is c1ccc(-c2ccc(N3c4ccccc4B4c5ccccc5N(c5ccccc5)c5cccc3c54)cc2)cc1. The largest absolute Gasteiger partial charge is 0.311 e. The number of para-hydroxylation sites is 3. The predicted octanol–water partition coefficient (Wildman–Crippen LogP) is 7.44. The lowest BCUT2D eigenvalue weighted by molar-refractivity contribution is 1.25. The minimum atomic E-state index is 0.170. The van der Waals surface area contributed by atoms with Crippen LogP contribution in [0.1, 0.15) is 0 Å². The summed E-state index contributed by atoms with van der Waals surface area (Å²) in [6, 6.07) is 54.8. The maximum Gasteiger partial charge on any atom is 0.252 e. The maximum atomic E-state index is 2.44. The van der Waals surface area contributed by atoms with E-state index in [1.54, 1.807) is 0 Å². The molecule has 8 rings (SSSR count). The molecule has 39 heavy (non-hydrogen) atoms. The molecular formula is C36H25BN2. The number of hydrogen-bond donors (Lipinski definition) is 0. The molecule has 0 aromatic heterocycles. The Labute approximate surface area is 229 Å². The minimum Gasteiger partial charge on any atom is -0.311 e. The van der Waals surface area contributed by atoms with Gasteiger partial charge in [-0.2, -0.15) is 0 Å². The Morgan fingerprint density at radius 3 is 1.36 bits per heavy atom. The number of anilines is 6. The Morgan fingerprint density at radius 2 is 0.769 bits per heavy atom. The van der Waals surface area contributed by atoms with Crippen LogP contribution in [-0.4, -0.2) is 6.71 Å². The molecule has 0 saturated heterocycles. The van der Waals surface area contributed by atoms with Crippen LogP contribution in [0.25, 0.3) is 11.1 Å². The number of nitrogens with zero attached hydrogens (tertiary/aromatic N) is 2. The smallest absolute Gasteiger partial charge is 0.252 e. The number of rotatable bonds is 3. The van der Waals surface area contributed by atoms with Gasteiger partial charge in [0.2, 0.25) is 0 Å². The summed E-state index contributed by atoms with van der Waals surface area (Å²) in [7, 11) is 0. The third-order valence-electron chi connectivity index (χ3n) is 8.05. The summed E-state index contributed by atoms with van der Waals surface area (Å²) < 4.78 is 0. The summed E-state index contributed by atoms with van der Waals surface area (Å²) in [6.45, 7) is 0.170. The third-order valence-corrected chi connectivity index (χ3v) is 8.05. The summed E-state index contributed by atoms with van der Waals surface area (Å²) in [6.07, 6.45) is 0. The van der Waals surface area contributed by atoms with Crippen molar-refractivity contribution in [3.05, 3.63) is 152 Å². The van der Waals surface area contributed by atoms with Crippen LogP contribution in [0.5, 0.6) is 0 Å². The van der Waals surface area contributed by atoms with E-state index in [1.165, 1.54) is 61.6 Å². The van der Waals surface area contributed by atoms with Crippen LogP contribution in [0, 0.1) is 0 Å². The highest BCUT2D eigenvalue weighted by molar-refractivity contribution is 7.00. The molecule has 0 spiro atoms. The van der Waals surface area contributed by atoms with Gasteiger partial charge in [-0.05, 0) is 76.0 Å². The van der Waals surface area contributed by atoms with Gasteiger partial charge in [-0.25, -0.2) is 0 Å². The van der Waals surface area contributed by atoms with E-state index in [0.717, 1.165) is 0 Å². The van der Waals surface area contributed by atoms with Crippen molar-refractivity contribution >= 4 is 57.2 Å². The molecule has 0 atom stereocenters. The number of hydrogen-bond acceptors (Lipinski definition) is 2. The quantitative estimate of drug-likeness (QED) is 0.235. The highest BCUT2D eigenvalue weighted by Crippen LogP contribution is 2.43. The zero-order valence-electron chi connectivity index (χ0n) is 21.4. The van der Waals surface area contributed by atoms with E-state index in [1.807, 2.05) is 0 Å². The molecule has 182 valence electrons. The topological polar surface area (TPSA) is 6.48 Å². The van der Waals surface area contributed by atoms with Crippen molar-refractivity contribution in [1.29, 1.82) is 0 Å². The molecule has 6 aromatic rings. The van der Waals surface area contributed by atoms with Crippen LogP contribution in [0.4, 0.5) is 34.1 Å². The van der Waals surface area contributed by atoms with E-state index in [-0.39, 0.29) is 6.71 Å². The summed E-state index contributed by atoms with van der Waals surface area (Å²) in [5.41, 5.74) is 13.8. The van der Waals surface area contributed by atoms with Gasteiger partial charge in [-0.15, -0.1) is 0 Å². The van der Waals surface area contributed by atoms with Crippen molar-refractivity contribution < 1.29 is 0 Å². The lowest BCUT2D eigenvalue weighted by Gasteiger charge is -2.44. The molecule has 0 bridgehead atoms. The minimum absolute atomic E-state index is 0.170. The maximum absolute atomic E-state index is 2.44. The van der Waals surface area contributed by atoms with Gasteiger partial charge < -0.3 is 9.80 Å². The van der Waals surface area contributed by atoms with E-state index >= 15 is 0 Å². The van der Waals surface area contributed by atoms with E-state index in [9.17, 15) is 0 Å². The van der Waals surface area contributed by atoms with Crippen molar-refractivity contribution in [3.8, 4) is 11.1 Å². The average Bonchev–Trinajstić information content (AvgIpc) is 3.02. The second kappa shape index (κ2) is 8.78. The van der Waals surface area contributed by atoms with Crippen LogP contribution < -0.4 is 26.2 Å². The first-order chi connectivity index (χ1) is 19.4. The molecule has 0 amide bonds. The zero-order valence-corrected chi connectivity index (χ0v) is 21.4. The molecule has 3 heteroatoms. The molecule has 0 radical (unpaired) electrons. The van der Waals surface area contributed by atoms with E-state index < -0.39 is 0 Å². The third kappa shape index (κ3) is 3.37. The molecule has 6 aromatic carbocycles. The fourth-order valence-corrected chi connectivity index (χ4v) is 6.40. The van der Waals surface area contributed by atoms with E-state index in [2.05, 4.69) is 161 Å². The molecule has 0 aliphatic carbocycles. The van der Waals surface area contributed by atoms with E-state index in [0.29, 0.717) is 0 Å². The molecule has 0 fully saturated rings. The summed E-state index contributed by atoms with van der Waals surface area (Å²) in [4.78, 5) is 4.87. The Bertz CT molecular complexity index is 1810. The highest BCUT2D eigenvalue weighted by Gasteiger charge is 2.42. The first-order valence-electron chi connectivity index (χ1n) is 13.5. The van der Waals surface area contributed by atoms with Crippen molar-refractivity contribution in [2.75, 3.05) is 9.80 Å². The van der Waals surface area contributed by atoms with Crippen molar-refractivity contribution in [3.63, 3.8) is 0 Å². The fourth-order valence-electron chi connectivity index (χ4n) is 6.40. The van der Waals surface area contributed by atoms with Crippen molar-refractivity contribution in [1.82, 2.24) is 0 Å². The molecule has 2 heterocycles. The first kappa shape index (κ1) is 22.0. The molecule has 0 saturated carbocycles. The Balaban J connectivity index is 1.36. The second-order valence-corrected chi connectivity index (χ2v) is 10.2. The zero-order chi connectivity index (χ0) is 25.8.